The first-order valence-corrected chi connectivity index (χ1v) is 18.0. The number of carbonyl (C=O) groups excluding carboxylic acids is 1. The summed E-state index contributed by atoms with van der Waals surface area (Å²) in [5.74, 6) is 2.89. The monoisotopic (exact) mass is 718 g/mol. The molecular formula is C38H71NO11. The summed E-state index contributed by atoms with van der Waals surface area (Å²) in [5, 5.41) is 38.2. The molecule has 0 bridgehead atoms. The molecule has 50 heavy (non-hydrogen) atoms. The van der Waals surface area contributed by atoms with Gasteiger partial charge in [-0.05, 0) is 73.6 Å². The predicted molar refractivity (Wildman–Crippen MR) is 194 cm³/mol. The van der Waals surface area contributed by atoms with E-state index in [1.54, 1.807) is 41.7 Å². The minimum atomic E-state index is -1.82. The normalized spacial score (nSPS) is 40.8. The molecule has 3 N–H and O–H groups in total. The van der Waals surface area contributed by atoms with Crippen LogP contribution < -0.4 is 0 Å². The van der Waals surface area contributed by atoms with Crippen LogP contribution in [0, 0.1) is 35.5 Å². The van der Waals surface area contributed by atoms with Crippen LogP contribution in [0.1, 0.15) is 116 Å². The van der Waals surface area contributed by atoms with Crippen molar-refractivity contribution < 1.29 is 53.4 Å². The highest BCUT2D eigenvalue weighted by Crippen LogP contribution is 2.39. The molecule has 0 amide bonds. The standard InChI is InChI=1S/C32H59NO11.C4H6.C2H6/c1-13-23-32(9,37)27(34)20(4)25(33-41-17-38-10)18(2)14-30(7,39-11)15-19(3)26(21(5)29(36)43-23)44-24-16-31(8,40-12)28(35)22(6)42-24;1-3-4-2;1-2/h18-24,26-28,34-35,37H,13-17H2,1-12H3;1-2H3;1-2H3/b33-25+;;/t18-,19-,20?,21-,22?,23-,24+,26+,27?,28+,30-,31-,32-;;/m1../s1. The van der Waals surface area contributed by atoms with E-state index in [0.717, 1.165) is 0 Å². The van der Waals surface area contributed by atoms with E-state index in [9.17, 15) is 20.1 Å². The molecule has 12 nitrogen and oxygen atoms in total. The summed E-state index contributed by atoms with van der Waals surface area (Å²) in [4.78, 5) is 19.1. The fourth-order valence-electron chi connectivity index (χ4n) is 6.95. The van der Waals surface area contributed by atoms with Gasteiger partial charge in [0.15, 0.2) is 6.29 Å². The predicted octanol–water partition coefficient (Wildman–Crippen LogP) is 5.48. The average Bonchev–Trinajstić information content (AvgIpc) is 3.09. The molecule has 2 heterocycles. The third-order valence-electron chi connectivity index (χ3n) is 10.1. The zero-order valence-electron chi connectivity index (χ0n) is 33.9. The minimum Gasteiger partial charge on any atom is -0.459 e. The number of esters is 1. The fraction of sp³-hybridized carbons (Fsp3) is 0.895. The summed E-state index contributed by atoms with van der Waals surface area (Å²) >= 11 is 0. The zero-order valence-corrected chi connectivity index (χ0v) is 33.9. The molecule has 0 aliphatic carbocycles. The first-order chi connectivity index (χ1) is 23.3. The van der Waals surface area contributed by atoms with Crippen LogP contribution in [0.15, 0.2) is 5.16 Å². The molecule has 2 aliphatic heterocycles. The van der Waals surface area contributed by atoms with Crippen LogP contribution in [0.4, 0.5) is 0 Å². The van der Waals surface area contributed by atoms with Crippen LogP contribution in [0.25, 0.3) is 0 Å². The number of hydrogen-bond acceptors (Lipinski definition) is 12. The number of methoxy groups -OCH3 is 3. The van der Waals surface area contributed by atoms with Gasteiger partial charge in [-0.25, -0.2) is 0 Å². The van der Waals surface area contributed by atoms with Gasteiger partial charge in [-0.2, -0.15) is 0 Å². The van der Waals surface area contributed by atoms with Gasteiger partial charge in [0.05, 0.1) is 41.1 Å². The van der Waals surface area contributed by atoms with Gasteiger partial charge in [-0.15, -0.1) is 11.8 Å². The first-order valence-electron chi connectivity index (χ1n) is 18.0. The van der Waals surface area contributed by atoms with Gasteiger partial charge in [0.1, 0.15) is 17.8 Å². The van der Waals surface area contributed by atoms with Gasteiger partial charge < -0.3 is 48.6 Å². The van der Waals surface area contributed by atoms with E-state index in [1.165, 1.54) is 21.1 Å². The molecular weight excluding hydrogens is 646 g/mol. The Bertz CT molecular complexity index is 1070. The van der Waals surface area contributed by atoms with Gasteiger partial charge in [-0.3, -0.25) is 4.79 Å². The van der Waals surface area contributed by atoms with E-state index in [0.29, 0.717) is 18.6 Å². The molecule has 2 fully saturated rings. The van der Waals surface area contributed by atoms with Gasteiger partial charge >= 0.3 is 5.97 Å². The number of hydrogen-bond donors (Lipinski definition) is 3. The third kappa shape index (κ3) is 13.0. The van der Waals surface area contributed by atoms with E-state index in [4.69, 9.17) is 33.3 Å². The molecule has 2 saturated heterocycles. The number of aliphatic hydroxyl groups excluding tert-OH is 2. The van der Waals surface area contributed by atoms with Crippen molar-refractivity contribution >= 4 is 11.7 Å². The molecule has 2 rings (SSSR count). The Kier molecular flexibility index (Phi) is 21.5. The highest BCUT2D eigenvalue weighted by Gasteiger charge is 2.50. The van der Waals surface area contributed by atoms with E-state index in [-0.39, 0.29) is 31.5 Å². The molecule has 12 heteroatoms. The molecule has 0 aromatic heterocycles. The fourth-order valence-corrected chi connectivity index (χ4v) is 6.95. The molecule has 0 spiro atoms. The SMILES string of the molecule is CC.CC#CC.CC[C@H]1OC(=O)[C@H](C)[C@@H](O[C@H]2C[C@@](C)(OC)[C@@H](O)C(C)O2)[C@H](C)C[C@](C)(OC)C[C@@H](C)/C(=N\OCOC)C(C)C(O)[C@]1(C)O. The third-order valence-corrected chi connectivity index (χ3v) is 10.1. The molecule has 0 radical (unpaired) electrons. The lowest BCUT2D eigenvalue weighted by atomic mass is 9.75. The van der Waals surface area contributed by atoms with E-state index < -0.39 is 71.4 Å². The van der Waals surface area contributed by atoms with Crippen molar-refractivity contribution in [2.24, 2.45) is 28.8 Å². The Balaban J connectivity index is 0.00000372. The number of nitrogens with zero attached hydrogens (tertiary/aromatic N) is 1. The Morgan fingerprint density at radius 3 is 1.96 bits per heavy atom. The first kappa shape index (κ1) is 48.2. The minimum absolute atomic E-state index is 0.0822. The van der Waals surface area contributed by atoms with Crippen molar-refractivity contribution in [1.29, 1.82) is 0 Å². The van der Waals surface area contributed by atoms with Gasteiger partial charge in [0.25, 0.3) is 0 Å². The van der Waals surface area contributed by atoms with E-state index >= 15 is 0 Å². The summed E-state index contributed by atoms with van der Waals surface area (Å²) in [6.45, 7) is 23.8. The molecule has 13 atom stereocenters. The summed E-state index contributed by atoms with van der Waals surface area (Å²) < 4.78 is 35.3. The van der Waals surface area contributed by atoms with Crippen LogP contribution in [-0.2, 0) is 38.1 Å². The second-order valence-corrected chi connectivity index (χ2v) is 14.1. The maximum Gasteiger partial charge on any atom is 0.311 e. The van der Waals surface area contributed by atoms with E-state index in [2.05, 4.69) is 17.0 Å². The molecule has 0 aromatic rings. The Morgan fingerprint density at radius 2 is 1.48 bits per heavy atom. The van der Waals surface area contributed by atoms with Gasteiger partial charge in [0, 0.05) is 39.6 Å². The molecule has 3 unspecified atom stereocenters. The van der Waals surface area contributed by atoms with Gasteiger partial charge in [-0.1, -0.05) is 46.7 Å². The van der Waals surface area contributed by atoms with Crippen molar-refractivity contribution in [2.45, 2.75) is 169 Å². The van der Waals surface area contributed by atoms with Crippen LogP contribution in [0.2, 0.25) is 0 Å². The maximum atomic E-state index is 13.8. The molecule has 0 aromatic carbocycles. The number of aliphatic hydroxyl groups is 3. The van der Waals surface area contributed by atoms with Crippen LogP contribution in [-0.4, -0.2) is 109 Å². The largest absolute Gasteiger partial charge is 0.459 e. The number of cyclic esters (lactones) is 1. The molecule has 294 valence electrons. The zero-order chi connectivity index (χ0) is 39.0. The Labute approximate surface area is 302 Å². The quantitative estimate of drug-likeness (QED) is 0.0961. The number of rotatable bonds is 8. The summed E-state index contributed by atoms with van der Waals surface area (Å²) in [6, 6.07) is 0. The lowest BCUT2D eigenvalue weighted by Gasteiger charge is -2.46. The summed E-state index contributed by atoms with van der Waals surface area (Å²) in [5.41, 5.74) is -2.91. The van der Waals surface area contributed by atoms with Crippen molar-refractivity contribution in [1.82, 2.24) is 0 Å². The number of carbonyl (C=O) groups is 1. The number of oxime groups is 1. The van der Waals surface area contributed by atoms with Crippen LogP contribution in [0.5, 0.6) is 0 Å². The lowest BCUT2D eigenvalue weighted by molar-refractivity contribution is -0.296. The van der Waals surface area contributed by atoms with Gasteiger partial charge in [0.2, 0.25) is 6.79 Å². The molecule has 0 saturated carbocycles. The Morgan fingerprint density at radius 1 is 0.900 bits per heavy atom. The number of ether oxygens (including phenoxy) is 6. The van der Waals surface area contributed by atoms with Crippen molar-refractivity contribution in [2.75, 3.05) is 28.1 Å². The highest BCUT2D eigenvalue weighted by atomic mass is 16.7. The lowest BCUT2D eigenvalue weighted by Crippen LogP contribution is -2.58. The molecule has 2 aliphatic rings. The highest BCUT2D eigenvalue weighted by molar-refractivity contribution is 5.88. The second kappa shape index (κ2) is 22.3. The van der Waals surface area contributed by atoms with Crippen LogP contribution in [0.3, 0.4) is 0 Å². The Hall–Kier alpha value is -1.82. The van der Waals surface area contributed by atoms with Crippen molar-refractivity contribution in [3.63, 3.8) is 0 Å². The maximum absolute atomic E-state index is 13.8. The average molecular weight is 718 g/mol. The second-order valence-electron chi connectivity index (χ2n) is 14.1. The summed E-state index contributed by atoms with van der Waals surface area (Å²) in [7, 11) is 4.67. The smallest absolute Gasteiger partial charge is 0.311 e. The summed E-state index contributed by atoms with van der Waals surface area (Å²) in [6.07, 6.45) is -3.75. The van der Waals surface area contributed by atoms with Crippen molar-refractivity contribution in [3.8, 4) is 11.8 Å². The van der Waals surface area contributed by atoms with Crippen LogP contribution >= 0.6 is 0 Å². The van der Waals surface area contributed by atoms with E-state index in [1.807, 2.05) is 48.5 Å². The topological polar surface area (TPSA) is 155 Å². The van der Waals surface area contributed by atoms with Crippen molar-refractivity contribution in [3.05, 3.63) is 0 Å².